The van der Waals surface area contributed by atoms with E-state index in [0.717, 1.165) is 47.1 Å². The molecule has 0 saturated heterocycles. The zero-order valence-electron chi connectivity index (χ0n) is 50.6. The largest absolute Gasteiger partial charge is 0.756 e. The number of hydrogen-bond acceptors (Lipinski definition) is 12. The fourth-order valence-electron chi connectivity index (χ4n) is 10.2. The van der Waals surface area contributed by atoms with Gasteiger partial charge in [0.25, 0.3) is 7.82 Å². The van der Waals surface area contributed by atoms with Crippen molar-refractivity contribution in [2.24, 2.45) is 0 Å². The van der Waals surface area contributed by atoms with E-state index in [2.05, 4.69) is 6.92 Å². The normalized spacial score (nSPS) is 19.4. The van der Waals surface area contributed by atoms with Crippen molar-refractivity contribution in [3.63, 3.8) is 0 Å². The van der Waals surface area contributed by atoms with Gasteiger partial charge in [0.05, 0.1) is 80.6 Å². The van der Waals surface area contributed by atoms with Crippen LogP contribution in [0.1, 0.15) is 137 Å². The first kappa shape index (κ1) is 68.0. The van der Waals surface area contributed by atoms with E-state index < -0.39 is 50.6 Å². The number of benzene rings is 5. The topological polar surface area (TPSA) is 132 Å². The minimum atomic E-state index is -4.66. The summed E-state index contributed by atoms with van der Waals surface area (Å²) in [5.74, 6) is 0. The Morgan fingerprint density at radius 3 is 1.02 bits per heavy atom. The molecular formula is C69H100NO12P. The molecule has 13 nitrogen and oxygen atoms in total. The molecule has 14 heteroatoms. The molecule has 458 valence electrons. The molecule has 1 aliphatic carbocycles. The van der Waals surface area contributed by atoms with Gasteiger partial charge >= 0.3 is 0 Å². The van der Waals surface area contributed by atoms with Crippen molar-refractivity contribution >= 4 is 7.82 Å². The number of ether oxygens (including phenoxy) is 8. The lowest BCUT2D eigenvalue weighted by molar-refractivity contribution is -0.870. The summed E-state index contributed by atoms with van der Waals surface area (Å²) in [5, 5.41) is 0. The molecule has 0 heterocycles. The smallest absolute Gasteiger partial charge is 0.268 e. The van der Waals surface area contributed by atoms with E-state index in [0.29, 0.717) is 17.6 Å². The maximum absolute atomic E-state index is 13.1. The first-order valence-electron chi connectivity index (χ1n) is 31.1. The Kier molecular flexibility index (Phi) is 33.0. The van der Waals surface area contributed by atoms with Gasteiger partial charge in [-0.15, -0.1) is 0 Å². The Bertz CT molecular complexity index is 2300. The van der Waals surface area contributed by atoms with Gasteiger partial charge in [-0.3, -0.25) is 4.57 Å². The summed E-state index contributed by atoms with van der Waals surface area (Å²) < 4.78 is 79.5. The van der Waals surface area contributed by atoms with E-state index in [4.69, 9.17) is 46.9 Å². The summed E-state index contributed by atoms with van der Waals surface area (Å²) in [7, 11) is 1.26. The molecule has 0 amide bonds. The van der Waals surface area contributed by atoms with E-state index in [-0.39, 0.29) is 66.1 Å². The molecule has 0 spiro atoms. The molecule has 0 aromatic heterocycles. The second-order valence-corrected chi connectivity index (χ2v) is 24.5. The summed E-state index contributed by atoms with van der Waals surface area (Å²) in [6, 6.07) is 50.3. The van der Waals surface area contributed by atoms with Gasteiger partial charge in [-0.05, 0) is 34.2 Å². The number of quaternary nitrogens is 1. The van der Waals surface area contributed by atoms with E-state index >= 15 is 0 Å². The monoisotopic (exact) mass is 1170 g/mol. The maximum atomic E-state index is 13.1. The number of likely N-dealkylation sites (N-methyl/N-ethyl adjacent to an activating group) is 1. The summed E-state index contributed by atoms with van der Waals surface area (Å²) in [4.78, 5) is 13.1. The summed E-state index contributed by atoms with van der Waals surface area (Å²) in [5.41, 5.74) is 4.91. The summed E-state index contributed by atoms with van der Waals surface area (Å²) in [6.07, 6.45) is 15.4. The van der Waals surface area contributed by atoms with Crippen LogP contribution in [0.25, 0.3) is 0 Å². The van der Waals surface area contributed by atoms with Crippen molar-refractivity contribution < 1.29 is 60.9 Å². The van der Waals surface area contributed by atoms with Gasteiger partial charge in [0.2, 0.25) is 0 Å². The highest BCUT2D eigenvalue weighted by Gasteiger charge is 2.55. The Hall–Kier alpha value is -4.15. The van der Waals surface area contributed by atoms with Crippen molar-refractivity contribution in [1.29, 1.82) is 0 Å². The van der Waals surface area contributed by atoms with E-state index in [1.807, 2.05) is 173 Å². The number of unbranched alkanes of at least 4 members (excludes halogenated alkanes) is 15. The minimum Gasteiger partial charge on any atom is -0.756 e. The number of phosphoric ester groups is 1. The Balaban J connectivity index is 1.18. The van der Waals surface area contributed by atoms with Gasteiger partial charge in [-0.25, -0.2) is 0 Å². The quantitative estimate of drug-likeness (QED) is 0.0209. The van der Waals surface area contributed by atoms with E-state index in [9.17, 15) is 9.46 Å². The SMILES string of the molecule is CCCCCCCCCCCCCCCCCCOC[C@H](COP(=O)([O-])OCC[N+](C)(C)C)OCCOC1[C@@H](OCc2ccccc2)[C@H](OCc2ccccc2)C(OCc2ccccc2)[C@H](OCc2ccccc2)[C@@H]1OCc1ccccc1. The van der Waals surface area contributed by atoms with E-state index in [1.54, 1.807) is 0 Å². The van der Waals surface area contributed by atoms with Gasteiger partial charge in [-0.1, -0.05) is 255 Å². The molecule has 5 aromatic rings. The highest BCUT2D eigenvalue weighted by molar-refractivity contribution is 7.45. The van der Waals surface area contributed by atoms with Crippen LogP contribution in [0.15, 0.2) is 152 Å². The zero-order chi connectivity index (χ0) is 58.5. The second-order valence-electron chi connectivity index (χ2n) is 23.1. The number of nitrogens with zero attached hydrogens (tertiary/aromatic N) is 1. The molecule has 5 aromatic carbocycles. The van der Waals surface area contributed by atoms with Crippen LogP contribution in [-0.4, -0.2) is 115 Å². The van der Waals surface area contributed by atoms with Gasteiger partial charge in [0.15, 0.2) is 0 Å². The first-order valence-corrected chi connectivity index (χ1v) is 32.5. The van der Waals surface area contributed by atoms with E-state index in [1.165, 1.54) is 83.5 Å². The van der Waals surface area contributed by atoms with Gasteiger partial charge in [0.1, 0.15) is 55.9 Å². The summed E-state index contributed by atoms with van der Waals surface area (Å²) in [6.45, 7) is 4.56. The van der Waals surface area contributed by atoms with Crippen LogP contribution in [0.3, 0.4) is 0 Å². The third kappa shape index (κ3) is 28.3. The van der Waals surface area contributed by atoms with Crippen LogP contribution >= 0.6 is 7.82 Å². The zero-order valence-corrected chi connectivity index (χ0v) is 51.5. The standard InChI is InChI=1S/C69H100NO12P/c1-5-6-7-8-9-10-11-12-13-14-15-16-17-18-19-35-47-73-56-63(57-82-83(71,72)81-48-46-70(2,3)4)74-49-50-75-64-65(76-51-58-36-25-20-26-37-58)67(78-53-60-40-29-22-30-41-60)69(80-55-62-44-33-24-34-45-62)68(79-54-61-42-31-23-32-43-61)66(64)77-52-59-38-27-21-28-39-59/h20-34,36-45,63-69H,5-19,35,46-57H2,1-4H3/t63-,64?,65-,66-,67-,68+,69?/m1/s1. The van der Waals surface area contributed by atoms with Crippen LogP contribution in [0.5, 0.6) is 0 Å². The number of hydrogen-bond donors (Lipinski definition) is 0. The molecule has 3 unspecified atom stereocenters. The van der Waals surface area contributed by atoms with Gasteiger partial charge in [-0.2, -0.15) is 0 Å². The fourth-order valence-corrected chi connectivity index (χ4v) is 11.0. The molecule has 0 bridgehead atoms. The van der Waals surface area contributed by atoms with Crippen molar-refractivity contribution in [2.45, 2.75) is 185 Å². The Morgan fingerprint density at radius 1 is 0.386 bits per heavy atom. The molecule has 6 rings (SSSR count). The Labute approximate surface area is 498 Å². The van der Waals surface area contributed by atoms with Crippen molar-refractivity contribution in [1.82, 2.24) is 0 Å². The molecule has 1 fully saturated rings. The third-order valence-corrected chi connectivity index (χ3v) is 16.0. The van der Waals surface area contributed by atoms with Crippen LogP contribution < -0.4 is 4.89 Å². The highest BCUT2D eigenvalue weighted by atomic mass is 31.2. The lowest BCUT2D eigenvalue weighted by atomic mass is 9.83. The fraction of sp³-hybridized carbons (Fsp3) is 0.565. The first-order chi connectivity index (χ1) is 40.6. The second kappa shape index (κ2) is 40.3. The van der Waals surface area contributed by atoms with Crippen molar-refractivity contribution in [2.75, 3.05) is 67.3 Å². The van der Waals surface area contributed by atoms with Gasteiger partial charge in [0, 0.05) is 6.61 Å². The van der Waals surface area contributed by atoms with Crippen LogP contribution in [0, 0.1) is 0 Å². The van der Waals surface area contributed by atoms with Crippen molar-refractivity contribution in [3.05, 3.63) is 179 Å². The molecule has 83 heavy (non-hydrogen) atoms. The number of phosphoric acid groups is 1. The van der Waals surface area contributed by atoms with Crippen LogP contribution in [0.4, 0.5) is 0 Å². The highest BCUT2D eigenvalue weighted by Crippen LogP contribution is 2.39. The molecule has 1 aliphatic rings. The van der Waals surface area contributed by atoms with Crippen LogP contribution in [0.2, 0.25) is 0 Å². The Morgan fingerprint density at radius 2 is 0.699 bits per heavy atom. The molecular weight excluding hydrogens is 1070 g/mol. The lowest BCUT2D eigenvalue weighted by Gasteiger charge is -2.49. The predicted molar refractivity (Wildman–Crippen MR) is 327 cm³/mol. The minimum absolute atomic E-state index is 0.00787. The van der Waals surface area contributed by atoms with Crippen LogP contribution in [-0.2, 0) is 84.5 Å². The van der Waals surface area contributed by atoms with Gasteiger partial charge < -0.3 is 56.3 Å². The molecule has 0 aliphatic heterocycles. The average molecular weight is 1170 g/mol. The lowest BCUT2D eigenvalue weighted by Crippen LogP contribution is -2.67. The third-order valence-electron chi connectivity index (χ3n) is 15.0. The average Bonchev–Trinajstić information content (AvgIpc) is 3.40. The predicted octanol–water partition coefficient (Wildman–Crippen LogP) is 14.2. The molecule has 0 radical (unpaired) electrons. The molecule has 8 atom stereocenters. The molecule has 1 saturated carbocycles. The van der Waals surface area contributed by atoms with Crippen molar-refractivity contribution in [3.8, 4) is 0 Å². The maximum Gasteiger partial charge on any atom is 0.268 e. The number of rotatable bonds is 46. The molecule has 0 N–H and O–H groups in total. The summed E-state index contributed by atoms with van der Waals surface area (Å²) >= 11 is 0.